The van der Waals surface area contributed by atoms with E-state index in [1.807, 2.05) is 6.92 Å². The molecule has 1 unspecified atom stereocenters. The molecule has 104 valence electrons. The third-order valence-corrected chi connectivity index (χ3v) is 2.33. The Morgan fingerprint density at radius 1 is 0.824 bits per heavy atom. The van der Waals surface area contributed by atoms with E-state index in [2.05, 4.69) is 6.92 Å². The molecule has 0 aliphatic heterocycles. The third-order valence-electron chi connectivity index (χ3n) is 2.33. The molecule has 0 bridgehead atoms. The van der Waals surface area contributed by atoms with Gasteiger partial charge in [0, 0.05) is 19.3 Å². The minimum absolute atomic E-state index is 0.273. The highest BCUT2D eigenvalue weighted by Gasteiger charge is 1.94. The number of ether oxygens (including phenoxy) is 3. The number of unbranched alkanes of at least 4 members (excludes halogenated alkanes) is 1. The standard InChI is InChI=1S/C13H29NO3/c1-3-4-7-15-9-11-17-12-10-16-8-5-6-13(2)14/h13H,3-12,14H2,1-2H3. The lowest BCUT2D eigenvalue weighted by Gasteiger charge is -2.07. The molecule has 0 heterocycles. The van der Waals surface area contributed by atoms with Gasteiger partial charge in [-0.25, -0.2) is 0 Å². The molecule has 0 aliphatic carbocycles. The van der Waals surface area contributed by atoms with Crippen molar-refractivity contribution in [2.24, 2.45) is 5.73 Å². The number of nitrogens with two attached hydrogens (primary N) is 1. The van der Waals surface area contributed by atoms with Crippen LogP contribution in [0.25, 0.3) is 0 Å². The zero-order chi connectivity index (χ0) is 12.8. The van der Waals surface area contributed by atoms with E-state index in [-0.39, 0.29) is 6.04 Å². The van der Waals surface area contributed by atoms with Crippen LogP contribution in [0, 0.1) is 0 Å². The average Bonchev–Trinajstić information content (AvgIpc) is 2.30. The first kappa shape index (κ1) is 16.8. The van der Waals surface area contributed by atoms with E-state index >= 15 is 0 Å². The van der Waals surface area contributed by atoms with Crippen molar-refractivity contribution in [1.29, 1.82) is 0 Å². The summed E-state index contributed by atoms with van der Waals surface area (Å²) < 4.78 is 16.1. The fourth-order valence-electron chi connectivity index (χ4n) is 1.30. The minimum Gasteiger partial charge on any atom is -0.379 e. The SMILES string of the molecule is CCCCOCCOCCOCCCC(C)N. The molecule has 0 amide bonds. The van der Waals surface area contributed by atoms with Gasteiger partial charge in [0.1, 0.15) is 0 Å². The predicted molar refractivity (Wildman–Crippen MR) is 70.2 cm³/mol. The van der Waals surface area contributed by atoms with E-state index in [4.69, 9.17) is 19.9 Å². The maximum absolute atomic E-state index is 5.63. The van der Waals surface area contributed by atoms with Gasteiger partial charge in [0.05, 0.1) is 26.4 Å². The van der Waals surface area contributed by atoms with E-state index < -0.39 is 0 Å². The van der Waals surface area contributed by atoms with Gasteiger partial charge in [-0.1, -0.05) is 13.3 Å². The smallest absolute Gasteiger partial charge is 0.0701 e. The molecule has 4 heteroatoms. The van der Waals surface area contributed by atoms with E-state index in [0.29, 0.717) is 26.4 Å². The monoisotopic (exact) mass is 247 g/mol. The molecular weight excluding hydrogens is 218 g/mol. The van der Waals surface area contributed by atoms with Crippen LogP contribution in [0.3, 0.4) is 0 Å². The van der Waals surface area contributed by atoms with Gasteiger partial charge in [-0.3, -0.25) is 0 Å². The second-order valence-electron chi connectivity index (χ2n) is 4.31. The third kappa shape index (κ3) is 15.8. The molecule has 0 spiro atoms. The van der Waals surface area contributed by atoms with Crippen molar-refractivity contribution in [3.05, 3.63) is 0 Å². The van der Waals surface area contributed by atoms with E-state index in [0.717, 1.165) is 32.5 Å². The van der Waals surface area contributed by atoms with E-state index in [9.17, 15) is 0 Å². The lowest BCUT2D eigenvalue weighted by atomic mass is 10.2. The first-order chi connectivity index (χ1) is 8.27. The molecule has 17 heavy (non-hydrogen) atoms. The summed E-state index contributed by atoms with van der Waals surface area (Å²) in [5.41, 5.74) is 5.63. The second-order valence-corrected chi connectivity index (χ2v) is 4.31. The highest BCUT2D eigenvalue weighted by Crippen LogP contribution is 1.93. The van der Waals surface area contributed by atoms with Gasteiger partial charge in [-0.15, -0.1) is 0 Å². The lowest BCUT2D eigenvalue weighted by molar-refractivity contribution is 0.0133. The topological polar surface area (TPSA) is 53.7 Å². The summed E-state index contributed by atoms with van der Waals surface area (Å²) >= 11 is 0. The highest BCUT2D eigenvalue weighted by molar-refractivity contribution is 4.51. The average molecular weight is 247 g/mol. The molecule has 0 aliphatic rings. The maximum Gasteiger partial charge on any atom is 0.0701 e. The summed E-state index contributed by atoms with van der Waals surface area (Å²) in [6, 6.07) is 0.273. The summed E-state index contributed by atoms with van der Waals surface area (Å²) in [6.45, 7) is 8.44. The van der Waals surface area contributed by atoms with Gasteiger partial charge in [0.2, 0.25) is 0 Å². The molecule has 4 nitrogen and oxygen atoms in total. The fraction of sp³-hybridized carbons (Fsp3) is 1.00. The van der Waals surface area contributed by atoms with Crippen molar-refractivity contribution in [2.45, 2.75) is 45.6 Å². The molecule has 0 aromatic rings. The molecule has 1 atom stereocenters. The van der Waals surface area contributed by atoms with Crippen LogP contribution in [0.1, 0.15) is 39.5 Å². The molecule has 0 fully saturated rings. The Labute approximate surface area is 106 Å². The van der Waals surface area contributed by atoms with Crippen molar-refractivity contribution in [2.75, 3.05) is 39.6 Å². The van der Waals surface area contributed by atoms with Crippen LogP contribution in [0.15, 0.2) is 0 Å². The molecule has 0 aromatic carbocycles. The van der Waals surface area contributed by atoms with Crippen molar-refractivity contribution in [1.82, 2.24) is 0 Å². The number of hydrogen-bond acceptors (Lipinski definition) is 4. The van der Waals surface area contributed by atoms with Gasteiger partial charge in [-0.2, -0.15) is 0 Å². The zero-order valence-corrected chi connectivity index (χ0v) is 11.5. The molecule has 0 saturated carbocycles. The summed E-state index contributed by atoms with van der Waals surface area (Å²) in [6.07, 6.45) is 4.35. The summed E-state index contributed by atoms with van der Waals surface area (Å²) in [7, 11) is 0. The predicted octanol–water partition coefficient (Wildman–Crippen LogP) is 1.96. The van der Waals surface area contributed by atoms with Gasteiger partial charge >= 0.3 is 0 Å². The number of rotatable bonds is 13. The Morgan fingerprint density at radius 2 is 1.29 bits per heavy atom. The molecule has 0 rings (SSSR count). The largest absolute Gasteiger partial charge is 0.379 e. The Hall–Kier alpha value is -0.160. The lowest BCUT2D eigenvalue weighted by Crippen LogP contribution is -2.15. The normalized spacial score (nSPS) is 12.9. The first-order valence-electron chi connectivity index (χ1n) is 6.76. The van der Waals surface area contributed by atoms with Crippen LogP contribution >= 0.6 is 0 Å². The summed E-state index contributed by atoms with van der Waals surface area (Å²) in [5, 5.41) is 0. The van der Waals surface area contributed by atoms with Crippen molar-refractivity contribution >= 4 is 0 Å². The van der Waals surface area contributed by atoms with Crippen LogP contribution in [-0.4, -0.2) is 45.7 Å². The van der Waals surface area contributed by atoms with Crippen LogP contribution < -0.4 is 5.73 Å². The first-order valence-corrected chi connectivity index (χ1v) is 6.76. The molecular formula is C13H29NO3. The summed E-state index contributed by atoms with van der Waals surface area (Å²) in [4.78, 5) is 0. The Morgan fingerprint density at radius 3 is 1.76 bits per heavy atom. The fourth-order valence-corrected chi connectivity index (χ4v) is 1.30. The van der Waals surface area contributed by atoms with Gasteiger partial charge < -0.3 is 19.9 Å². The maximum atomic E-state index is 5.63. The Bertz CT molecular complexity index is 143. The van der Waals surface area contributed by atoms with Crippen molar-refractivity contribution in [3.8, 4) is 0 Å². The van der Waals surface area contributed by atoms with Crippen molar-refractivity contribution in [3.63, 3.8) is 0 Å². The van der Waals surface area contributed by atoms with Gasteiger partial charge in [0.25, 0.3) is 0 Å². The van der Waals surface area contributed by atoms with Crippen LogP contribution in [0.4, 0.5) is 0 Å². The number of hydrogen-bond donors (Lipinski definition) is 1. The summed E-state index contributed by atoms with van der Waals surface area (Å²) in [5.74, 6) is 0. The molecule has 0 saturated heterocycles. The van der Waals surface area contributed by atoms with Crippen LogP contribution in [0.5, 0.6) is 0 Å². The zero-order valence-electron chi connectivity index (χ0n) is 11.5. The van der Waals surface area contributed by atoms with E-state index in [1.54, 1.807) is 0 Å². The molecule has 0 radical (unpaired) electrons. The Balaban J connectivity index is 2.89. The van der Waals surface area contributed by atoms with Gasteiger partial charge in [-0.05, 0) is 26.2 Å². The quantitative estimate of drug-likeness (QED) is 0.506. The van der Waals surface area contributed by atoms with Crippen molar-refractivity contribution < 1.29 is 14.2 Å². The van der Waals surface area contributed by atoms with Crippen LogP contribution in [0.2, 0.25) is 0 Å². The Kier molecular flexibility index (Phi) is 13.8. The molecule has 0 aromatic heterocycles. The molecule has 2 N–H and O–H groups in total. The van der Waals surface area contributed by atoms with E-state index in [1.165, 1.54) is 6.42 Å². The second kappa shape index (κ2) is 13.9. The van der Waals surface area contributed by atoms with Gasteiger partial charge in [0.15, 0.2) is 0 Å². The minimum atomic E-state index is 0.273. The highest BCUT2D eigenvalue weighted by atomic mass is 16.5. The van der Waals surface area contributed by atoms with Crippen LogP contribution in [-0.2, 0) is 14.2 Å².